The Bertz CT molecular complexity index is 860. The van der Waals surface area contributed by atoms with E-state index in [4.69, 9.17) is 4.74 Å². The maximum Gasteiger partial charge on any atom is 0.293 e. The highest BCUT2D eigenvalue weighted by molar-refractivity contribution is 7.16. The summed E-state index contributed by atoms with van der Waals surface area (Å²) in [5.41, 5.74) is 1.26. The number of aromatic nitrogens is 1. The van der Waals surface area contributed by atoms with Crippen molar-refractivity contribution < 1.29 is 9.53 Å². The third-order valence-corrected chi connectivity index (χ3v) is 5.01. The number of carbonyl (C=O) groups is 1. The quantitative estimate of drug-likeness (QED) is 0.929. The number of fused-ring (bicyclic) bond motifs is 1. The van der Waals surface area contributed by atoms with Crippen LogP contribution in [0.1, 0.15) is 22.4 Å². The molecule has 1 N–H and O–H groups in total. The number of pyridine rings is 1. The molecule has 0 atom stereocenters. The zero-order valence-corrected chi connectivity index (χ0v) is 13.4. The van der Waals surface area contributed by atoms with Gasteiger partial charge in [0, 0.05) is 11.1 Å². The summed E-state index contributed by atoms with van der Waals surface area (Å²) >= 11 is 1.46. The van der Waals surface area contributed by atoms with Crippen molar-refractivity contribution in [2.24, 2.45) is 0 Å². The third-order valence-electron chi connectivity index (χ3n) is 3.81. The molecule has 2 aromatic rings. The second kappa shape index (κ2) is 6.26. The Morgan fingerprint density at radius 1 is 1.52 bits per heavy atom. The molecule has 0 saturated carbocycles. The van der Waals surface area contributed by atoms with E-state index in [1.54, 1.807) is 12.1 Å². The summed E-state index contributed by atoms with van der Waals surface area (Å²) in [4.78, 5) is 25.4. The number of nitrogens with zero attached hydrogens (tertiary/aromatic N) is 2. The van der Waals surface area contributed by atoms with E-state index in [1.165, 1.54) is 34.1 Å². The Morgan fingerprint density at radius 2 is 2.35 bits per heavy atom. The zero-order valence-electron chi connectivity index (χ0n) is 12.6. The lowest BCUT2D eigenvalue weighted by Gasteiger charge is -2.08. The number of thiophene rings is 1. The van der Waals surface area contributed by atoms with Crippen LogP contribution in [-0.4, -0.2) is 17.6 Å². The Balaban J connectivity index is 1.79. The number of nitriles is 1. The molecule has 0 fully saturated rings. The topological polar surface area (TPSA) is 84.1 Å². The molecule has 0 bridgehead atoms. The van der Waals surface area contributed by atoms with Gasteiger partial charge in [-0.05, 0) is 37.0 Å². The monoisotopic (exact) mass is 329 g/mol. The average Bonchev–Trinajstić information content (AvgIpc) is 3.09. The van der Waals surface area contributed by atoms with Gasteiger partial charge in [-0.1, -0.05) is 0 Å². The first-order chi connectivity index (χ1) is 11.1. The number of carbonyl (C=O) groups excluding carboxylic acids is 1. The van der Waals surface area contributed by atoms with E-state index in [2.05, 4.69) is 11.4 Å². The normalized spacial score (nSPS) is 12.5. The van der Waals surface area contributed by atoms with Gasteiger partial charge in [0.2, 0.25) is 5.91 Å². The summed E-state index contributed by atoms with van der Waals surface area (Å²) in [5.74, 6) is -0.148. The van der Waals surface area contributed by atoms with E-state index in [-0.39, 0.29) is 23.8 Å². The van der Waals surface area contributed by atoms with Crippen LogP contribution in [0.4, 0.5) is 5.00 Å². The molecule has 0 saturated heterocycles. The molecule has 2 heterocycles. The molecule has 118 valence electrons. The van der Waals surface area contributed by atoms with Crippen molar-refractivity contribution in [3.63, 3.8) is 0 Å². The van der Waals surface area contributed by atoms with Gasteiger partial charge in [-0.2, -0.15) is 5.26 Å². The molecule has 0 aliphatic heterocycles. The van der Waals surface area contributed by atoms with Gasteiger partial charge < -0.3 is 14.6 Å². The molecule has 1 aliphatic carbocycles. The van der Waals surface area contributed by atoms with E-state index in [0.29, 0.717) is 10.6 Å². The molecule has 6 nitrogen and oxygen atoms in total. The molecular weight excluding hydrogens is 314 g/mol. The summed E-state index contributed by atoms with van der Waals surface area (Å²) in [6.45, 7) is -0.122. The van der Waals surface area contributed by atoms with Gasteiger partial charge in [-0.15, -0.1) is 11.3 Å². The average molecular weight is 329 g/mol. The largest absolute Gasteiger partial charge is 0.491 e. The Hall–Kier alpha value is -2.59. The molecule has 0 unspecified atom stereocenters. The van der Waals surface area contributed by atoms with Crippen LogP contribution in [0.25, 0.3) is 0 Å². The van der Waals surface area contributed by atoms with E-state index in [0.717, 1.165) is 24.8 Å². The van der Waals surface area contributed by atoms with E-state index >= 15 is 0 Å². The smallest absolute Gasteiger partial charge is 0.293 e. The molecule has 0 aromatic carbocycles. The lowest BCUT2D eigenvalue weighted by atomic mass is 10.1. The molecule has 0 radical (unpaired) electrons. The van der Waals surface area contributed by atoms with Gasteiger partial charge in [0.1, 0.15) is 17.6 Å². The second-order valence-corrected chi connectivity index (χ2v) is 6.34. The van der Waals surface area contributed by atoms with Crippen molar-refractivity contribution in [1.29, 1.82) is 5.26 Å². The fraction of sp³-hybridized carbons (Fsp3) is 0.312. The molecular formula is C16H15N3O3S. The Morgan fingerprint density at radius 3 is 3.09 bits per heavy atom. The fourth-order valence-corrected chi connectivity index (χ4v) is 3.98. The standard InChI is InChI=1S/C16H15N3O3S/c1-22-12-5-3-7-19(16(12)21)9-14(20)18-15-11(8-17)10-4-2-6-13(10)23-15/h3,5,7H,2,4,6,9H2,1H3,(H,18,20). The van der Waals surface area contributed by atoms with Crippen molar-refractivity contribution in [3.8, 4) is 11.8 Å². The first-order valence-electron chi connectivity index (χ1n) is 7.22. The number of aryl methyl sites for hydroxylation is 1. The lowest BCUT2D eigenvalue weighted by molar-refractivity contribution is -0.116. The minimum Gasteiger partial charge on any atom is -0.491 e. The minimum absolute atomic E-state index is 0.122. The maximum atomic E-state index is 12.2. The van der Waals surface area contributed by atoms with Crippen molar-refractivity contribution in [2.45, 2.75) is 25.8 Å². The van der Waals surface area contributed by atoms with Gasteiger partial charge in [0.15, 0.2) is 5.75 Å². The van der Waals surface area contributed by atoms with Crippen LogP contribution < -0.4 is 15.6 Å². The number of rotatable bonds is 4. The first kappa shape index (κ1) is 15.3. The first-order valence-corrected chi connectivity index (χ1v) is 8.03. The van der Waals surface area contributed by atoms with Gasteiger partial charge in [-0.3, -0.25) is 9.59 Å². The van der Waals surface area contributed by atoms with Gasteiger partial charge in [0.05, 0.1) is 12.7 Å². The number of methoxy groups -OCH3 is 1. The number of hydrogen-bond acceptors (Lipinski definition) is 5. The highest BCUT2D eigenvalue weighted by Crippen LogP contribution is 2.38. The number of amides is 1. The number of nitrogens with one attached hydrogen (secondary N) is 1. The van der Waals surface area contributed by atoms with Gasteiger partial charge >= 0.3 is 0 Å². The number of ether oxygens (including phenoxy) is 1. The van der Waals surface area contributed by atoms with Crippen LogP contribution in [-0.2, 0) is 24.2 Å². The van der Waals surface area contributed by atoms with Crippen LogP contribution in [0.5, 0.6) is 5.75 Å². The molecule has 2 aromatic heterocycles. The highest BCUT2D eigenvalue weighted by Gasteiger charge is 2.23. The van der Waals surface area contributed by atoms with E-state index in [1.807, 2.05) is 0 Å². The third kappa shape index (κ3) is 2.85. The lowest BCUT2D eigenvalue weighted by Crippen LogP contribution is -2.27. The predicted octanol–water partition coefficient (Wildman–Crippen LogP) is 1.92. The minimum atomic E-state index is -0.362. The van der Waals surface area contributed by atoms with E-state index in [9.17, 15) is 14.9 Å². The van der Waals surface area contributed by atoms with Crippen LogP contribution >= 0.6 is 11.3 Å². The molecule has 1 aliphatic rings. The second-order valence-electron chi connectivity index (χ2n) is 5.23. The fourth-order valence-electron chi connectivity index (χ4n) is 2.73. The molecule has 1 amide bonds. The summed E-state index contributed by atoms with van der Waals surface area (Å²) in [6, 6.07) is 5.38. The molecule has 0 spiro atoms. The van der Waals surface area contributed by atoms with Crippen LogP contribution in [0, 0.1) is 11.3 Å². The Labute approximate surface area is 136 Å². The SMILES string of the molecule is COc1cccn(CC(=O)Nc2sc3c(c2C#N)CCC3)c1=O. The Kier molecular flexibility index (Phi) is 4.17. The number of anilines is 1. The van der Waals surface area contributed by atoms with E-state index < -0.39 is 0 Å². The highest BCUT2D eigenvalue weighted by atomic mass is 32.1. The predicted molar refractivity (Wildman–Crippen MR) is 86.9 cm³/mol. The molecule has 23 heavy (non-hydrogen) atoms. The van der Waals surface area contributed by atoms with Crippen molar-refractivity contribution in [3.05, 3.63) is 44.7 Å². The number of hydrogen-bond donors (Lipinski definition) is 1. The summed E-state index contributed by atoms with van der Waals surface area (Å²) in [7, 11) is 1.41. The zero-order chi connectivity index (χ0) is 16.4. The summed E-state index contributed by atoms with van der Waals surface area (Å²) in [5, 5.41) is 12.7. The summed E-state index contributed by atoms with van der Waals surface area (Å²) < 4.78 is 6.24. The van der Waals surface area contributed by atoms with Crippen LogP contribution in [0.15, 0.2) is 23.1 Å². The maximum absolute atomic E-state index is 12.2. The van der Waals surface area contributed by atoms with Gasteiger partial charge in [-0.25, -0.2) is 0 Å². The molecule has 3 rings (SSSR count). The van der Waals surface area contributed by atoms with Crippen LogP contribution in [0.3, 0.4) is 0 Å². The van der Waals surface area contributed by atoms with Crippen molar-refractivity contribution in [2.75, 3.05) is 12.4 Å². The van der Waals surface area contributed by atoms with Crippen molar-refractivity contribution in [1.82, 2.24) is 4.57 Å². The van der Waals surface area contributed by atoms with Gasteiger partial charge in [0.25, 0.3) is 5.56 Å². The summed E-state index contributed by atoms with van der Waals surface area (Å²) in [6.07, 6.45) is 4.44. The van der Waals surface area contributed by atoms with Crippen molar-refractivity contribution >= 4 is 22.2 Å². The molecule has 7 heteroatoms. The van der Waals surface area contributed by atoms with Crippen LogP contribution in [0.2, 0.25) is 0 Å².